The van der Waals surface area contributed by atoms with E-state index in [0.29, 0.717) is 35.5 Å². The monoisotopic (exact) mass is 468 g/mol. The van der Waals surface area contributed by atoms with Crippen LogP contribution in [0.1, 0.15) is 12.5 Å². The van der Waals surface area contributed by atoms with Gasteiger partial charge in [0.05, 0.1) is 16.3 Å². The molecule has 1 aliphatic heterocycles. The second-order valence-electron chi connectivity index (χ2n) is 7.00. The van der Waals surface area contributed by atoms with Crippen LogP contribution < -0.4 is 20.5 Å². The molecule has 0 aliphatic carbocycles. The number of rotatable bonds is 7. The van der Waals surface area contributed by atoms with Crippen molar-refractivity contribution < 1.29 is 14.3 Å². The third kappa shape index (κ3) is 3.84. The normalized spacial score (nSPS) is 12.4. The topological polar surface area (TPSA) is 117 Å². The number of thioether (sulfide) groups is 1. The van der Waals surface area contributed by atoms with Crippen LogP contribution in [0, 0.1) is 0 Å². The quantitative estimate of drug-likeness (QED) is 0.397. The van der Waals surface area contributed by atoms with Gasteiger partial charge in [0.1, 0.15) is 4.83 Å². The van der Waals surface area contributed by atoms with Crippen molar-refractivity contribution >= 4 is 44.9 Å². The van der Waals surface area contributed by atoms with Crippen molar-refractivity contribution in [3.05, 3.63) is 42.1 Å². The molecule has 3 aromatic heterocycles. The number of thiophene rings is 1. The van der Waals surface area contributed by atoms with Gasteiger partial charge in [-0.3, -0.25) is 4.79 Å². The van der Waals surface area contributed by atoms with E-state index in [-0.39, 0.29) is 18.5 Å². The first kappa shape index (κ1) is 20.6. The average molecular weight is 469 g/mol. The summed E-state index contributed by atoms with van der Waals surface area (Å²) in [5, 5.41) is 13.2. The fraction of sp³-hybridized carbons (Fsp3) is 0.238. The molecule has 0 unspecified atom stereocenters. The molecule has 4 aromatic rings. The predicted octanol–water partition coefficient (Wildman–Crippen LogP) is 3.29. The van der Waals surface area contributed by atoms with Crippen molar-refractivity contribution in [2.75, 3.05) is 18.3 Å². The number of nitrogens with two attached hydrogens (primary N) is 1. The van der Waals surface area contributed by atoms with E-state index < -0.39 is 0 Å². The van der Waals surface area contributed by atoms with E-state index >= 15 is 0 Å². The minimum absolute atomic E-state index is 0.0922. The fourth-order valence-corrected chi connectivity index (χ4v) is 5.29. The Labute approximate surface area is 191 Å². The molecule has 0 fully saturated rings. The van der Waals surface area contributed by atoms with Crippen LogP contribution in [-0.2, 0) is 17.9 Å². The largest absolute Gasteiger partial charge is 0.454 e. The predicted molar refractivity (Wildman–Crippen MR) is 124 cm³/mol. The van der Waals surface area contributed by atoms with Crippen molar-refractivity contribution in [1.29, 1.82) is 0 Å². The Morgan fingerprint density at radius 3 is 3.00 bits per heavy atom. The van der Waals surface area contributed by atoms with Crippen molar-refractivity contribution in [2.24, 2.45) is 0 Å². The number of pyridine rings is 1. The second-order valence-corrected chi connectivity index (χ2v) is 8.95. The minimum Gasteiger partial charge on any atom is -0.454 e. The zero-order chi connectivity index (χ0) is 22.1. The van der Waals surface area contributed by atoms with Gasteiger partial charge in [0.15, 0.2) is 22.5 Å². The molecule has 32 heavy (non-hydrogen) atoms. The van der Waals surface area contributed by atoms with Gasteiger partial charge < -0.3 is 25.1 Å². The number of nitrogens with zero attached hydrogens (tertiary/aromatic N) is 4. The molecule has 1 aromatic carbocycles. The highest BCUT2D eigenvalue weighted by molar-refractivity contribution is 7.99. The number of hydrogen-bond acceptors (Lipinski definition) is 9. The lowest BCUT2D eigenvalue weighted by Crippen LogP contribution is -2.24. The summed E-state index contributed by atoms with van der Waals surface area (Å²) < 4.78 is 12.7. The number of nitrogen functional groups attached to an aromatic ring is 1. The van der Waals surface area contributed by atoms with Gasteiger partial charge in [-0.2, -0.15) is 0 Å². The molecule has 0 radical (unpaired) electrons. The van der Waals surface area contributed by atoms with E-state index in [1.54, 1.807) is 6.20 Å². The average Bonchev–Trinajstić information content (AvgIpc) is 3.52. The molecular weight excluding hydrogens is 448 g/mol. The lowest BCUT2D eigenvalue weighted by atomic mass is 10.2. The number of hydrogen-bond donors (Lipinski definition) is 2. The first-order valence-electron chi connectivity index (χ1n) is 9.98. The van der Waals surface area contributed by atoms with Gasteiger partial charge in [-0.25, -0.2) is 4.98 Å². The van der Waals surface area contributed by atoms with E-state index in [1.165, 1.54) is 23.1 Å². The molecule has 0 saturated heterocycles. The van der Waals surface area contributed by atoms with Crippen molar-refractivity contribution in [3.8, 4) is 22.2 Å². The van der Waals surface area contributed by atoms with Gasteiger partial charge in [0.2, 0.25) is 12.7 Å². The van der Waals surface area contributed by atoms with Crippen LogP contribution in [0.25, 0.3) is 20.9 Å². The Morgan fingerprint density at radius 1 is 1.28 bits per heavy atom. The van der Waals surface area contributed by atoms with Crippen molar-refractivity contribution in [2.45, 2.75) is 25.2 Å². The third-order valence-electron chi connectivity index (χ3n) is 5.00. The van der Waals surface area contributed by atoms with Crippen LogP contribution in [0.5, 0.6) is 11.5 Å². The molecule has 5 rings (SSSR count). The van der Waals surface area contributed by atoms with Gasteiger partial charge in [-0.1, -0.05) is 17.8 Å². The lowest BCUT2D eigenvalue weighted by Gasteiger charge is -2.08. The van der Waals surface area contributed by atoms with Crippen molar-refractivity contribution in [3.63, 3.8) is 0 Å². The Hall–Kier alpha value is -3.31. The van der Waals surface area contributed by atoms with Crippen LogP contribution in [0.3, 0.4) is 0 Å². The number of anilines is 1. The summed E-state index contributed by atoms with van der Waals surface area (Å²) in [6.07, 6.45) is 1.75. The van der Waals surface area contributed by atoms with Gasteiger partial charge in [-0.05, 0) is 36.8 Å². The van der Waals surface area contributed by atoms with E-state index in [9.17, 15) is 4.79 Å². The Kier molecular flexibility index (Phi) is 5.58. The molecule has 1 aliphatic rings. The molecule has 4 heterocycles. The zero-order valence-corrected chi connectivity index (χ0v) is 18.8. The fourth-order valence-electron chi connectivity index (χ4n) is 3.40. The summed E-state index contributed by atoms with van der Waals surface area (Å²) in [4.78, 5) is 18.5. The summed E-state index contributed by atoms with van der Waals surface area (Å²) >= 11 is 2.84. The van der Waals surface area contributed by atoms with E-state index in [4.69, 9.17) is 15.2 Å². The summed E-state index contributed by atoms with van der Waals surface area (Å²) in [5.41, 5.74) is 7.95. The number of carbonyl (C=O) groups is 1. The number of carbonyl (C=O) groups excluding carboxylic acids is 1. The summed E-state index contributed by atoms with van der Waals surface area (Å²) in [7, 11) is 0. The molecule has 1 amide bonds. The van der Waals surface area contributed by atoms with Gasteiger partial charge in [0, 0.05) is 24.7 Å². The second kappa shape index (κ2) is 8.67. The molecule has 3 N–H and O–H groups in total. The molecule has 164 valence electrons. The van der Waals surface area contributed by atoms with E-state index in [1.807, 2.05) is 41.8 Å². The molecule has 9 nitrogen and oxygen atoms in total. The zero-order valence-electron chi connectivity index (χ0n) is 17.2. The van der Waals surface area contributed by atoms with Crippen LogP contribution in [0.4, 0.5) is 5.69 Å². The molecular formula is C21H20N6O3S2. The van der Waals surface area contributed by atoms with E-state index in [0.717, 1.165) is 26.4 Å². The number of fused-ring (bicyclic) bond motifs is 2. The maximum Gasteiger partial charge on any atom is 0.231 e. The third-order valence-corrected chi connectivity index (χ3v) is 7.09. The van der Waals surface area contributed by atoms with Crippen LogP contribution >= 0.6 is 23.1 Å². The van der Waals surface area contributed by atoms with Crippen molar-refractivity contribution in [1.82, 2.24) is 25.1 Å². The molecule has 0 atom stereocenters. The lowest BCUT2D eigenvalue weighted by molar-refractivity contribution is -0.118. The smallest absolute Gasteiger partial charge is 0.231 e. The van der Waals surface area contributed by atoms with Gasteiger partial charge >= 0.3 is 0 Å². The highest BCUT2D eigenvalue weighted by Crippen LogP contribution is 2.39. The van der Waals surface area contributed by atoms with Crippen LogP contribution in [0.2, 0.25) is 0 Å². The molecule has 0 bridgehead atoms. The maximum atomic E-state index is 12.4. The molecule has 0 spiro atoms. The first-order chi connectivity index (χ1) is 15.6. The first-order valence-corrected chi connectivity index (χ1v) is 11.8. The number of ether oxygens (including phenoxy) is 2. The summed E-state index contributed by atoms with van der Waals surface area (Å²) in [5.74, 6) is 2.25. The Bertz CT molecular complexity index is 1300. The summed E-state index contributed by atoms with van der Waals surface area (Å²) in [6.45, 7) is 3.31. The number of aromatic nitrogens is 4. The van der Waals surface area contributed by atoms with E-state index in [2.05, 4.69) is 20.5 Å². The maximum absolute atomic E-state index is 12.4. The van der Waals surface area contributed by atoms with Gasteiger partial charge in [0.25, 0.3) is 0 Å². The standard InChI is InChI=1S/C21H20N6O3S2/c1-2-27-19(18-17(22)13-4-3-7-23-20(13)32-18)25-26-21(27)31-10-16(28)24-9-12-5-6-14-15(8-12)30-11-29-14/h3-8H,2,9-11,22H2,1H3,(H,24,28). The SMILES string of the molecule is CCn1c(SCC(=O)NCc2ccc3c(c2)OCO3)nnc1-c1sc2ncccc2c1N. The van der Waals surface area contributed by atoms with Crippen LogP contribution in [-0.4, -0.2) is 38.2 Å². The molecule has 11 heteroatoms. The Morgan fingerprint density at radius 2 is 2.16 bits per heavy atom. The minimum atomic E-state index is -0.0922. The van der Waals surface area contributed by atoms with Gasteiger partial charge in [-0.15, -0.1) is 21.5 Å². The number of benzene rings is 1. The van der Waals surface area contributed by atoms with Crippen LogP contribution in [0.15, 0.2) is 41.7 Å². The molecule has 0 saturated carbocycles. The number of amides is 1. The highest BCUT2D eigenvalue weighted by Gasteiger charge is 2.20. The Balaban J connectivity index is 1.25. The summed E-state index contributed by atoms with van der Waals surface area (Å²) in [6, 6.07) is 9.44. The number of nitrogens with one attached hydrogen (secondary N) is 1. The highest BCUT2D eigenvalue weighted by atomic mass is 32.2.